The van der Waals surface area contributed by atoms with Crippen molar-refractivity contribution in [2.45, 2.75) is 37.5 Å². The normalized spacial score (nSPS) is 11.5. The van der Waals surface area contributed by atoms with Crippen molar-refractivity contribution >= 4 is 45.0 Å². The summed E-state index contributed by atoms with van der Waals surface area (Å²) in [6.07, 6.45) is 1.85. The van der Waals surface area contributed by atoms with Crippen LogP contribution in [0.3, 0.4) is 0 Å². The van der Waals surface area contributed by atoms with Crippen LogP contribution < -0.4 is 15.4 Å². The van der Waals surface area contributed by atoms with E-state index in [1.165, 1.54) is 23.9 Å². The van der Waals surface area contributed by atoms with Crippen molar-refractivity contribution in [2.75, 3.05) is 22.8 Å². The predicted octanol–water partition coefficient (Wildman–Crippen LogP) is 4.19. The van der Waals surface area contributed by atoms with Crippen LogP contribution in [0.5, 0.6) is 0 Å². The van der Waals surface area contributed by atoms with Crippen molar-refractivity contribution in [3.05, 3.63) is 48.0 Å². The highest BCUT2D eigenvalue weighted by atomic mass is 32.2. The zero-order valence-corrected chi connectivity index (χ0v) is 20.0. The molecule has 0 fully saturated rings. The standard InChI is InChI=1S/C22H29N3O4S2/c1-14(2)13-23-22(27)17-8-6-7-9-18(17)25-31(28,29)16-10-11-20(30-5)19(12-16)24-21(26)15(3)4/h6-12,14-15,25H,13H2,1-5H3,(H,23,27)(H,24,26). The van der Waals surface area contributed by atoms with Crippen LogP contribution in [0.25, 0.3) is 0 Å². The Morgan fingerprint density at radius 3 is 2.29 bits per heavy atom. The van der Waals surface area contributed by atoms with E-state index in [0.717, 1.165) is 4.90 Å². The quantitative estimate of drug-likeness (QED) is 0.484. The van der Waals surface area contributed by atoms with Crippen LogP contribution in [0.1, 0.15) is 38.1 Å². The van der Waals surface area contributed by atoms with Crippen molar-refractivity contribution in [3.63, 3.8) is 0 Å². The average Bonchev–Trinajstić information content (AvgIpc) is 2.71. The highest BCUT2D eigenvalue weighted by Crippen LogP contribution is 2.30. The van der Waals surface area contributed by atoms with Crippen LogP contribution in [0, 0.1) is 11.8 Å². The van der Waals surface area contributed by atoms with Crippen LogP contribution in [0.15, 0.2) is 52.3 Å². The van der Waals surface area contributed by atoms with E-state index in [9.17, 15) is 18.0 Å². The highest BCUT2D eigenvalue weighted by molar-refractivity contribution is 7.98. The second kappa shape index (κ2) is 10.7. The molecule has 0 saturated heterocycles. The summed E-state index contributed by atoms with van der Waals surface area (Å²) in [5.41, 5.74) is 0.850. The number of thioether (sulfide) groups is 1. The van der Waals surface area contributed by atoms with E-state index in [0.29, 0.717) is 12.2 Å². The number of amides is 2. The maximum atomic E-state index is 13.1. The van der Waals surface area contributed by atoms with E-state index in [2.05, 4.69) is 15.4 Å². The molecule has 9 heteroatoms. The summed E-state index contributed by atoms with van der Waals surface area (Å²) in [4.78, 5) is 25.4. The van der Waals surface area contributed by atoms with E-state index in [1.54, 1.807) is 44.2 Å². The van der Waals surface area contributed by atoms with Gasteiger partial charge in [-0.25, -0.2) is 8.42 Å². The molecule has 0 radical (unpaired) electrons. The van der Waals surface area contributed by atoms with Gasteiger partial charge in [0.2, 0.25) is 5.91 Å². The number of hydrogen-bond donors (Lipinski definition) is 3. The van der Waals surface area contributed by atoms with Gasteiger partial charge >= 0.3 is 0 Å². The van der Waals surface area contributed by atoms with Crippen molar-refractivity contribution < 1.29 is 18.0 Å². The number of anilines is 2. The molecule has 0 bridgehead atoms. The maximum absolute atomic E-state index is 13.1. The Labute approximate surface area is 188 Å². The van der Waals surface area contributed by atoms with E-state index >= 15 is 0 Å². The third-order valence-corrected chi connectivity index (χ3v) is 6.51. The number of carbonyl (C=O) groups excluding carboxylic acids is 2. The molecule has 2 aromatic carbocycles. The monoisotopic (exact) mass is 463 g/mol. The summed E-state index contributed by atoms with van der Waals surface area (Å²) >= 11 is 1.40. The van der Waals surface area contributed by atoms with E-state index < -0.39 is 10.0 Å². The molecule has 0 aliphatic rings. The molecule has 0 aromatic heterocycles. The van der Waals surface area contributed by atoms with Gasteiger partial charge in [-0.3, -0.25) is 14.3 Å². The number of sulfonamides is 1. The average molecular weight is 464 g/mol. The molecule has 0 aliphatic carbocycles. The van der Waals surface area contributed by atoms with Crippen LogP contribution in [-0.4, -0.2) is 33.0 Å². The smallest absolute Gasteiger partial charge is 0.261 e. The van der Waals surface area contributed by atoms with Gasteiger partial charge < -0.3 is 10.6 Å². The fourth-order valence-corrected chi connectivity index (χ4v) is 4.23. The fraction of sp³-hybridized carbons (Fsp3) is 0.364. The van der Waals surface area contributed by atoms with Crippen LogP contribution in [0.2, 0.25) is 0 Å². The summed E-state index contributed by atoms with van der Waals surface area (Å²) in [5, 5.41) is 5.57. The molecule has 7 nitrogen and oxygen atoms in total. The summed E-state index contributed by atoms with van der Waals surface area (Å²) in [6.45, 7) is 7.95. The topological polar surface area (TPSA) is 104 Å². The van der Waals surface area contributed by atoms with Crippen molar-refractivity contribution in [2.24, 2.45) is 11.8 Å². The van der Waals surface area contributed by atoms with Gasteiger partial charge in [-0.05, 0) is 42.5 Å². The molecule has 0 aliphatic heterocycles. The van der Waals surface area contributed by atoms with Crippen LogP contribution in [-0.2, 0) is 14.8 Å². The first-order valence-electron chi connectivity index (χ1n) is 9.94. The van der Waals surface area contributed by atoms with Gasteiger partial charge in [-0.1, -0.05) is 39.8 Å². The van der Waals surface area contributed by atoms with Gasteiger partial charge in [0.25, 0.3) is 15.9 Å². The first kappa shape index (κ1) is 24.7. The van der Waals surface area contributed by atoms with Crippen molar-refractivity contribution in [3.8, 4) is 0 Å². The first-order valence-corrected chi connectivity index (χ1v) is 12.6. The molecule has 2 aromatic rings. The number of benzene rings is 2. The zero-order valence-electron chi connectivity index (χ0n) is 18.4. The Morgan fingerprint density at radius 1 is 1.00 bits per heavy atom. The largest absolute Gasteiger partial charge is 0.352 e. The number of carbonyl (C=O) groups is 2. The Kier molecular flexibility index (Phi) is 8.52. The molecule has 0 heterocycles. The molecule has 3 N–H and O–H groups in total. The predicted molar refractivity (Wildman–Crippen MR) is 126 cm³/mol. The lowest BCUT2D eigenvalue weighted by Crippen LogP contribution is -2.28. The number of nitrogens with one attached hydrogen (secondary N) is 3. The molecule has 2 rings (SSSR count). The lowest BCUT2D eigenvalue weighted by atomic mass is 10.1. The third kappa shape index (κ3) is 6.73. The number of para-hydroxylation sites is 1. The molecular formula is C22H29N3O4S2. The molecule has 0 atom stereocenters. The Balaban J connectivity index is 2.35. The summed E-state index contributed by atoms with van der Waals surface area (Å²) in [7, 11) is -3.99. The lowest BCUT2D eigenvalue weighted by molar-refractivity contribution is -0.118. The van der Waals surface area contributed by atoms with Gasteiger partial charge in [0.05, 0.1) is 21.8 Å². The maximum Gasteiger partial charge on any atom is 0.261 e. The lowest BCUT2D eigenvalue weighted by Gasteiger charge is -2.16. The molecule has 2 amide bonds. The van der Waals surface area contributed by atoms with Gasteiger partial charge in [0, 0.05) is 17.4 Å². The summed E-state index contributed by atoms with van der Waals surface area (Å²) in [5.74, 6) is -0.536. The van der Waals surface area contributed by atoms with E-state index in [4.69, 9.17) is 0 Å². The minimum absolute atomic E-state index is 0.0123. The van der Waals surface area contributed by atoms with Crippen molar-refractivity contribution in [1.82, 2.24) is 5.32 Å². The first-order chi connectivity index (χ1) is 14.5. The molecule has 168 valence electrons. The molecular weight excluding hydrogens is 434 g/mol. The third-order valence-electron chi connectivity index (χ3n) is 4.35. The van der Waals surface area contributed by atoms with E-state index in [-0.39, 0.29) is 39.8 Å². The van der Waals surface area contributed by atoms with Crippen LogP contribution in [0.4, 0.5) is 11.4 Å². The molecule has 0 saturated carbocycles. The molecule has 0 spiro atoms. The van der Waals surface area contributed by atoms with Crippen molar-refractivity contribution in [1.29, 1.82) is 0 Å². The Hall–Kier alpha value is -2.52. The number of rotatable bonds is 9. The van der Waals surface area contributed by atoms with Crippen LogP contribution >= 0.6 is 11.8 Å². The zero-order chi connectivity index (χ0) is 23.2. The highest BCUT2D eigenvalue weighted by Gasteiger charge is 2.21. The van der Waals surface area contributed by atoms with Gasteiger partial charge in [0.1, 0.15) is 0 Å². The SMILES string of the molecule is CSc1ccc(S(=O)(=O)Nc2ccccc2C(=O)NCC(C)C)cc1NC(=O)C(C)C. The van der Waals surface area contributed by atoms with Gasteiger partial charge in [-0.2, -0.15) is 0 Å². The Bertz CT molecular complexity index is 1050. The second-order valence-corrected chi connectivity index (χ2v) is 10.3. The molecule has 0 unspecified atom stereocenters. The summed E-state index contributed by atoms with van der Waals surface area (Å²) in [6, 6.07) is 11.0. The van der Waals surface area contributed by atoms with E-state index in [1.807, 2.05) is 20.1 Å². The Morgan fingerprint density at radius 2 is 1.68 bits per heavy atom. The van der Waals surface area contributed by atoms with Gasteiger partial charge in [0.15, 0.2) is 0 Å². The molecule has 31 heavy (non-hydrogen) atoms. The fourth-order valence-electron chi connectivity index (χ4n) is 2.59. The summed E-state index contributed by atoms with van der Waals surface area (Å²) < 4.78 is 28.6. The number of hydrogen-bond acceptors (Lipinski definition) is 5. The minimum atomic E-state index is -3.99. The second-order valence-electron chi connectivity index (χ2n) is 7.76. The minimum Gasteiger partial charge on any atom is -0.352 e. The van der Waals surface area contributed by atoms with Gasteiger partial charge in [-0.15, -0.1) is 11.8 Å².